The smallest absolute Gasteiger partial charge is 0.255 e. The molecule has 0 unspecified atom stereocenters. The van der Waals surface area contributed by atoms with Crippen LogP contribution in [0.5, 0.6) is 0 Å². The van der Waals surface area contributed by atoms with Crippen molar-refractivity contribution in [2.75, 3.05) is 24.4 Å². The summed E-state index contributed by atoms with van der Waals surface area (Å²) in [4.78, 5) is 28.5. The molecule has 0 atom stereocenters. The predicted molar refractivity (Wildman–Crippen MR) is 104 cm³/mol. The van der Waals surface area contributed by atoms with E-state index in [0.717, 1.165) is 20.8 Å². The van der Waals surface area contributed by atoms with Gasteiger partial charge in [-0.15, -0.1) is 11.3 Å². The standard InChI is InChI=1S/C19H19N3O3S/c1-11-8-14(5-6-15(11)22-18(23)10-25-3)21-19(24)13-4-7-17-16(9-13)20-12(2)26-17/h4-9H,10H2,1-3H3,(H,21,24)(H,22,23). The quantitative estimate of drug-likeness (QED) is 0.718. The van der Waals surface area contributed by atoms with Gasteiger partial charge in [-0.1, -0.05) is 0 Å². The lowest BCUT2D eigenvalue weighted by Gasteiger charge is -2.11. The lowest BCUT2D eigenvalue weighted by Crippen LogP contribution is -2.18. The number of hydrogen-bond donors (Lipinski definition) is 2. The van der Waals surface area contributed by atoms with Gasteiger partial charge >= 0.3 is 0 Å². The maximum atomic E-state index is 12.5. The van der Waals surface area contributed by atoms with E-state index in [0.29, 0.717) is 16.9 Å². The zero-order valence-electron chi connectivity index (χ0n) is 14.8. The molecule has 1 aromatic heterocycles. The van der Waals surface area contributed by atoms with Gasteiger partial charge in [0.25, 0.3) is 5.91 Å². The average Bonchev–Trinajstić information content (AvgIpc) is 2.96. The number of carbonyl (C=O) groups excluding carboxylic acids is 2. The summed E-state index contributed by atoms with van der Waals surface area (Å²) >= 11 is 1.60. The van der Waals surface area contributed by atoms with Crippen LogP contribution < -0.4 is 10.6 Å². The highest BCUT2D eigenvalue weighted by atomic mass is 32.1. The summed E-state index contributed by atoms with van der Waals surface area (Å²) in [6.45, 7) is 3.80. The molecule has 6 nitrogen and oxygen atoms in total. The van der Waals surface area contributed by atoms with E-state index in [9.17, 15) is 9.59 Å². The van der Waals surface area contributed by atoms with Crippen molar-refractivity contribution in [3.8, 4) is 0 Å². The van der Waals surface area contributed by atoms with Crippen molar-refractivity contribution in [1.82, 2.24) is 4.98 Å². The molecule has 2 amide bonds. The van der Waals surface area contributed by atoms with Crippen LogP contribution in [-0.2, 0) is 9.53 Å². The van der Waals surface area contributed by atoms with E-state index in [1.54, 1.807) is 35.6 Å². The number of fused-ring (bicyclic) bond motifs is 1. The SMILES string of the molecule is COCC(=O)Nc1ccc(NC(=O)c2ccc3sc(C)nc3c2)cc1C. The Balaban J connectivity index is 1.73. The first-order valence-electron chi connectivity index (χ1n) is 8.04. The Bertz CT molecular complexity index is 981. The first-order chi connectivity index (χ1) is 12.5. The highest BCUT2D eigenvalue weighted by Gasteiger charge is 2.10. The van der Waals surface area contributed by atoms with Gasteiger partial charge < -0.3 is 15.4 Å². The molecule has 3 aromatic rings. The van der Waals surface area contributed by atoms with Crippen molar-refractivity contribution in [2.45, 2.75) is 13.8 Å². The molecule has 0 saturated carbocycles. The maximum absolute atomic E-state index is 12.5. The molecule has 2 N–H and O–H groups in total. The first kappa shape index (κ1) is 18.0. The summed E-state index contributed by atoms with van der Waals surface area (Å²) in [5.74, 6) is -0.424. The minimum Gasteiger partial charge on any atom is -0.375 e. The molecule has 3 rings (SSSR count). The number of methoxy groups -OCH3 is 1. The highest BCUT2D eigenvalue weighted by Crippen LogP contribution is 2.24. The molecule has 26 heavy (non-hydrogen) atoms. The third kappa shape index (κ3) is 4.07. The summed E-state index contributed by atoms with van der Waals surface area (Å²) in [5, 5.41) is 6.61. The second-order valence-electron chi connectivity index (χ2n) is 5.88. The summed E-state index contributed by atoms with van der Waals surface area (Å²) in [5.41, 5.74) is 3.57. The molecule has 0 spiro atoms. The van der Waals surface area contributed by atoms with E-state index in [2.05, 4.69) is 15.6 Å². The van der Waals surface area contributed by atoms with E-state index < -0.39 is 0 Å². The fourth-order valence-electron chi connectivity index (χ4n) is 2.59. The van der Waals surface area contributed by atoms with Gasteiger partial charge in [0, 0.05) is 24.0 Å². The number of nitrogens with zero attached hydrogens (tertiary/aromatic N) is 1. The van der Waals surface area contributed by atoms with Crippen molar-refractivity contribution in [2.24, 2.45) is 0 Å². The monoisotopic (exact) mass is 369 g/mol. The molecule has 0 aliphatic rings. The number of aromatic nitrogens is 1. The Hall–Kier alpha value is -2.77. The number of rotatable bonds is 5. The Morgan fingerprint density at radius 2 is 1.92 bits per heavy atom. The van der Waals surface area contributed by atoms with E-state index in [1.807, 2.05) is 26.0 Å². The molecule has 0 aliphatic carbocycles. The van der Waals surface area contributed by atoms with Gasteiger partial charge in [-0.2, -0.15) is 0 Å². The van der Waals surface area contributed by atoms with Crippen LogP contribution in [0.25, 0.3) is 10.2 Å². The second kappa shape index (κ2) is 7.63. The predicted octanol–water partition coefficient (Wildman–Crippen LogP) is 3.75. The second-order valence-corrected chi connectivity index (χ2v) is 7.12. The molecule has 0 radical (unpaired) electrons. The van der Waals surface area contributed by atoms with Gasteiger partial charge in [-0.25, -0.2) is 4.98 Å². The summed E-state index contributed by atoms with van der Waals surface area (Å²) in [6, 6.07) is 10.8. The Morgan fingerprint density at radius 3 is 2.65 bits per heavy atom. The van der Waals surface area contributed by atoms with Crippen LogP contribution in [0.1, 0.15) is 20.9 Å². The number of thiazole rings is 1. The van der Waals surface area contributed by atoms with Crippen molar-refractivity contribution in [1.29, 1.82) is 0 Å². The Morgan fingerprint density at radius 1 is 1.12 bits per heavy atom. The lowest BCUT2D eigenvalue weighted by atomic mass is 10.1. The summed E-state index contributed by atoms with van der Waals surface area (Å²) in [7, 11) is 1.47. The Labute approximate surface area is 155 Å². The van der Waals surface area contributed by atoms with E-state index >= 15 is 0 Å². The minimum absolute atomic E-state index is 0.00347. The van der Waals surface area contributed by atoms with Crippen LogP contribution in [0.15, 0.2) is 36.4 Å². The molecule has 134 valence electrons. The molecule has 7 heteroatoms. The fraction of sp³-hybridized carbons (Fsp3) is 0.211. The van der Waals surface area contributed by atoms with E-state index in [4.69, 9.17) is 4.74 Å². The largest absolute Gasteiger partial charge is 0.375 e. The van der Waals surface area contributed by atoms with Gasteiger partial charge in [-0.05, 0) is 55.8 Å². The summed E-state index contributed by atoms with van der Waals surface area (Å²) in [6.07, 6.45) is 0. The average molecular weight is 369 g/mol. The highest BCUT2D eigenvalue weighted by molar-refractivity contribution is 7.18. The van der Waals surface area contributed by atoms with Crippen molar-refractivity contribution in [3.05, 3.63) is 52.5 Å². The first-order valence-corrected chi connectivity index (χ1v) is 8.86. The molecule has 1 heterocycles. The molecule has 0 aliphatic heterocycles. The number of ether oxygens (including phenoxy) is 1. The lowest BCUT2D eigenvalue weighted by molar-refractivity contribution is -0.119. The van der Waals surface area contributed by atoms with Crippen LogP contribution >= 0.6 is 11.3 Å². The van der Waals surface area contributed by atoms with Gasteiger partial charge in [-0.3, -0.25) is 9.59 Å². The van der Waals surface area contributed by atoms with Gasteiger partial charge in [0.15, 0.2) is 0 Å². The van der Waals surface area contributed by atoms with Crippen LogP contribution in [0, 0.1) is 13.8 Å². The molecule has 2 aromatic carbocycles. The van der Waals surface area contributed by atoms with Crippen LogP contribution in [0.4, 0.5) is 11.4 Å². The van der Waals surface area contributed by atoms with Crippen molar-refractivity contribution < 1.29 is 14.3 Å². The molecule has 0 fully saturated rings. The third-order valence-electron chi connectivity index (χ3n) is 3.79. The van der Waals surface area contributed by atoms with Gasteiger partial charge in [0.2, 0.25) is 5.91 Å². The zero-order valence-corrected chi connectivity index (χ0v) is 15.6. The molecular formula is C19H19N3O3S. The normalized spacial score (nSPS) is 10.7. The number of carbonyl (C=O) groups is 2. The number of anilines is 2. The number of amides is 2. The van der Waals surface area contributed by atoms with Crippen LogP contribution in [0.2, 0.25) is 0 Å². The third-order valence-corrected chi connectivity index (χ3v) is 4.74. The topological polar surface area (TPSA) is 80.3 Å². The number of hydrogen-bond acceptors (Lipinski definition) is 5. The van der Waals surface area contributed by atoms with Crippen molar-refractivity contribution in [3.63, 3.8) is 0 Å². The van der Waals surface area contributed by atoms with Gasteiger partial charge in [0.05, 0.1) is 15.2 Å². The molecular weight excluding hydrogens is 350 g/mol. The van der Waals surface area contributed by atoms with Crippen LogP contribution in [-0.4, -0.2) is 30.5 Å². The number of benzene rings is 2. The zero-order chi connectivity index (χ0) is 18.7. The van der Waals surface area contributed by atoms with Crippen molar-refractivity contribution >= 4 is 44.7 Å². The fourth-order valence-corrected chi connectivity index (χ4v) is 3.39. The Kier molecular flexibility index (Phi) is 5.29. The molecule has 0 bridgehead atoms. The van der Waals surface area contributed by atoms with E-state index in [-0.39, 0.29) is 18.4 Å². The van der Waals surface area contributed by atoms with Crippen LogP contribution in [0.3, 0.4) is 0 Å². The number of aryl methyl sites for hydroxylation is 2. The van der Waals surface area contributed by atoms with E-state index in [1.165, 1.54) is 7.11 Å². The molecule has 0 saturated heterocycles. The minimum atomic E-state index is -0.223. The maximum Gasteiger partial charge on any atom is 0.255 e. The summed E-state index contributed by atoms with van der Waals surface area (Å²) < 4.78 is 5.86. The number of nitrogens with one attached hydrogen (secondary N) is 2. The van der Waals surface area contributed by atoms with Gasteiger partial charge in [0.1, 0.15) is 6.61 Å².